The Balaban J connectivity index is 0.000000531. The molecule has 84 valence electrons. The van der Waals surface area contributed by atoms with Crippen LogP contribution in [0.4, 0.5) is 4.39 Å². The van der Waals surface area contributed by atoms with Crippen molar-refractivity contribution in [3.8, 4) is 5.75 Å². The van der Waals surface area contributed by atoms with Gasteiger partial charge in [0.25, 0.3) is 0 Å². The minimum atomic E-state index is -0.241. The number of halogens is 1. The summed E-state index contributed by atoms with van der Waals surface area (Å²) in [7, 11) is 0. The van der Waals surface area contributed by atoms with Crippen molar-refractivity contribution in [2.24, 2.45) is 0 Å². The van der Waals surface area contributed by atoms with E-state index in [1.807, 2.05) is 13.8 Å². The molecule has 1 aromatic rings. The highest BCUT2D eigenvalue weighted by molar-refractivity contribution is 5.22. The van der Waals surface area contributed by atoms with E-state index < -0.39 is 0 Å². The Kier molecular flexibility index (Phi) is 5.12. The molecule has 0 N–H and O–H groups in total. The van der Waals surface area contributed by atoms with Gasteiger partial charge in [-0.25, -0.2) is 4.39 Å². The summed E-state index contributed by atoms with van der Waals surface area (Å²) in [5, 5.41) is 0. The third-order valence-corrected chi connectivity index (χ3v) is 2.00. The second-order valence-corrected chi connectivity index (χ2v) is 3.06. The molecule has 1 aliphatic rings. The highest BCUT2D eigenvalue weighted by Crippen LogP contribution is 2.16. The molecule has 1 unspecified atom stereocenters. The monoisotopic (exact) mass is 212 g/mol. The van der Waals surface area contributed by atoms with Gasteiger partial charge in [-0.1, -0.05) is 13.8 Å². The fraction of sp³-hybridized carbons (Fsp3) is 0.500. The maximum Gasteiger partial charge on any atom is 0.124 e. The largest absolute Gasteiger partial charge is 0.488 e. The van der Waals surface area contributed by atoms with Crippen LogP contribution in [0.1, 0.15) is 20.3 Å². The zero-order valence-electron chi connectivity index (χ0n) is 9.20. The van der Waals surface area contributed by atoms with Gasteiger partial charge in [-0.05, 0) is 24.3 Å². The Labute approximate surface area is 90.0 Å². The molecule has 0 radical (unpaired) electrons. The molecule has 0 spiro atoms. The van der Waals surface area contributed by atoms with E-state index in [9.17, 15) is 4.39 Å². The molecule has 1 fully saturated rings. The highest BCUT2D eigenvalue weighted by atomic mass is 19.1. The third kappa shape index (κ3) is 3.88. The van der Waals surface area contributed by atoms with Gasteiger partial charge in [0.05, 0.1) is 13.2 Å². The zero-order valence-corrected chi connectivity index (χ0v) is 9.20. The summed E-state index contributed by atoms with van der Waals surface area (Å²) in [6.45, 7) is 5.39. The molecule has 1 atom stereocenters. The van der Waals surface area contributed by atoms with Crippen LogP contribution >= 0.6 is 0 Å². The molecule has 15 heavy (non-hydrogen) atoms. The Morgan fingerprint density at radius 2 is 1.93 bits per heavy atom. The lowest BCUT2D eigenvalue weighted by Crippen LogP contribution is -2.15. The van der Waals surface area contributed by atoms with E-state index >= 15 is 0 Å². The Bertz CT molecular complexity index is 265. The van der Waals surface area contributed by atoms with Crippen LogP contribution in [0, 0.1) is 5.82 Å². The summed E-state index contributed by atoms with van der Waals surface area (Å²) >= 11 is 0. The van der Waals surface area contributed by atoms with Gasteiger partial charge >= 0.3 is 0 Å². The van der Waals surface area contributed by atoms with E-state index in [0.29, 0.717) is 12.4 Å². The molecule has 0 saturated carbocycles. The van der Waals surface area contributed by atoms with E-state index in [2.05, 4.69) is 0 Å². The Hall–Kier alpha value is -1.09. The predicted octanol–water partition coefficient (Wildman–Crippen LogP) is 3.02. The van der Waals surface area contributed by atoms with Crippen molar-refractivity contribution in [2.75, 3.05) is 13.2 Å². The molecule has 0 aliphatic carbocycles. The second-order valence-electron chi connectivity index (χ2n) is 3.06. The molecule has 0 bridgehead atoms. The van der Waals surface area contributed by atoms with Gasteiger partial charge in [-0.2, -0.15) is 0 Å². The summed E-state index contributed by atoms with van der Waals surface area (Å²) < 4.78 is 23.2. The van der Waals surface area contributed by atoms with E-state index in [4.69, 9.17) is 9.47 Å². The van der Waals surface area contributed by atoms with Gasteiger partial charge in [-0.15, -0.1) is 0 Å². The van der Waals surface area contributed by atoms with Crippen LogP contribution in [-0.2, 0) is 4.74 Å². The van der Waals surface area contributed by atoms with Crippen LogP contribution in [0.3, 0.4) is 0 Å². The molecule has 3 heteroatoms. The maximum absolute atomic E-state index is 12.5. The molecule has 0 amide bonds. The lowest BCUT2D eigenvalue weighted by atomic mass is 10.3. The topological polar surface area (TPSA) is 18.5 Å². The number of benzene rings is 1. The summed E-state index contributed by atoms with van der Waals surface area (Å²) in [4.78, 5) is 0. The van der Waals surface area contributed by atoms with Crippen molar-refractivity contribution in [2.45, 2.75) is 26.4 Å². The van der Waals surface area contributed by atoms with Gasteiger partial charge in [0, 0.05) is 6.42 Å². The smallest absolute Gasteiger partial charge is 0.124 e. The average Bonchev–Trinajstić information content (AvgIpc) is 2.77. The first-order valence-electron chi connectivity index (χ1n) is 5.34. The molecule has 0 aromatic heterocycles. The van der Waals surface area contributed by atoms with Crippen LogP contribution in [0.2, 0.25) is 0 Å². The lowest BCUT2D eigenvalue weighted by molar-refractivity contribution is 0.141. The first kappa shape index (κ1) is 12.0. The fourth-order valence-electron chi connectivity index (χ4n) is 1.31. The van der Waals surface area contributed by atoms with Gasteiger partial charge < -0.3 is 9.47 Å². The number of hydrogen-bond acceptors (Lipinski definition) is 2. The normalized spacial score (nSPS) is 19.3. The molecule has 2 nitrogen and oxygen atoms in total. The van der Waals surface area contributed by atoms with Gasteiger partial charge in [-0.3, -0.25) is 0 Å². The van der Waals surface area contributed by atoms with Crippen LogP contribution in [0.5, 0.6) is 5.75 Å². The first-order chi connectivity index (χ1) is 7.34. The molecule has 2 rings (SSSR count). The van der Waals surface area contributed by atoms with Gasteiger partial charge in [0.2, 0.25) is 0 Å². The SMILES string of the molecule is CC.Fc1ccc(OC2CCOC2)cc1. The minimum Gasteiger partial charge on any atom is -0.488 e. The van der Waals surface area contributed by atoms with Crippen LogP contribution in [0.25, 0.3) is 0 Å². The third-order valence-electron chi connectivity index (χ3n) is 2.00. The number of ether oxygens (including phenoxy) is 2. The molecule has 1 saturated heterocycles. The standard InChI is InChI=1S/C10H11FO2.C2H6/c11-8-1-3-9(4-2-8)13-10-5-6-12-7-10;1-2/h1-4,10H,5-7H2;1-2H3. The first-order valence-corrected chi connectivity index (χ1v) is 5.34. The number of rotatable bonds is 2. The van der Waals surface area contributed by atoms with E-state index in [1.165, 1.54) is 12.1 Å². The van der Waals surface area contributed by atoms with E-state index in [1.54, 1.807) is 12.1 Å². The van der Waals surface area contributed by atoms with E-state index in [-0.39, 0.29) is 11.9 Å². The quantitative estimate of drug-likeness (QED) is 0.750. The highest BCUT2D eigenvalue weighted by Gasteiger charge is 2.16. The summed E-state index contributed by atoms with van der Waals surface area (Å²) in [6.07, 6.45) is 1.04. The minimum absolute atomic E-state index is 0.130. The summed E-state index contributed by atoms with van der Waals surface area (Å²) in [5.41, 5.74) is 0. The summed E-state index contributed by atoms with van der Waals surface area (Å²) in [6, 6.07) is 6.05. The Morgan fingerprint density at radius 1 is 1.27 bits per heavy atom. The second kappa shape index (κ2) is 6.40. The summed E-state index contributed by atoms with van der Waals surface area (Å²) in [5.74, 6) is 0.465. The average molecular weight is 212 g/mol. The van der Waals surface area contributed by atoms with Gasteiger partial charge in [0.1, 0.15) is 17.7 Å². The number of hydrogen-bond donors (Lipinski definition) is 0. The van der Waals surface area contributed by atoms with Crippen molar-refractivity contribution >= 4 is 0 Å². The van der Waals surface area contributed by atoms with Crippen molar-refractivity contribution < 1.29 is 13.9 Å². The van der Waals surface area contributed by atoms with Crippen molar-refractivity contribution in [3.05, 3.63) is 30.1 Å². The molecule has 1 heterocycles. The molecule has 1 aliphatic heterocycles. The zero-order chi connectivity index (χ0) is 11.1. The van der Waals surface area contributed by atoms with Crippen molar-refractivity contribution in [3.63, 3.8) is 0 Å². The van der Waals surface area contributed by atoms with Crippen LogP contribution < -0.4 is 4.74 Å². The predicted molar refractivity (Wildman–Crippen MR) is 57.6 cm³/mol. The van der Waals surface area contributed by atoms with Crippen molar-refractivity contribution in [1.29, 1.82) is 0 Å². The Morgan fingerprint density at radius 3 is 2.47 bits per heavy atom. The van der Waals surface area contributed by atoms with E-state index in [0.717, 1.165) is 13.0 Å². The maximum atomic E-state index is 12.5. The van der Waals surface area contributed by atoms with Crippen LogP contribution in [-0.4, -0.2) is 19.3 Å². The lowest BCUT2D eigenvalue weighted by Gasteiger charge is -2.10. The molecular weight excluding hydrogens is 195 g/mol. The molecule has 1 aromatic carbocycles. The van der Waals surface area contributed by atoms with Gasteiger partial charge in [0.15, 0.2) is 0 Å². The fourth-order valence-corrected chi connectivity index (χ4v) is 1.31. The van der Waals surface area contributed by atoms with Crippen LogP contribution in [0.15, 0.2) is 24.3 Å². The van der Waals surface area contributed by atoms with Crippen molar-refractivity contribution in [1.82, 2.24) is 0 Å². The molecular formula is C12H17FO2.